The van der Waals surface area contributed by atoms with Crippen LogP contribution in [0.3, 0.4) is 0 Å². The van der Waals surface area contributed by atoms with E-state index in [-0.39, 0.29) is 57.4 Å². The van der Waals surface area contributed by atoms with Gasteiger partial charge in [-0.2, -0.15) is 4.79 Å². The van der Waals surface area contributed by atoms with E-state index in [1.54, 1.807) is 4.31 Å². The molecule has 0 radical (unpaired) electrons. The number of hydrogen-bond donors (Lipinski definition) is 2. The fourth-order valence-electron chi connectivity index (χ4n) is 10.7. The Morgan fingerprint density at radius 1 is 1.09 bits per heavy atom. The first kappa shape index (κ1) is 30.4. The number of allylic oxidation sites excluding steroid dienone is 1. The molecule has 4 heterocycles. The molecule has 4 atom stereocenters. The van der Waals surface area contributed by atoms with Crippen LogP contribution >= 0.6 is 0 Å². The Kier molecular flexibility index (Phi) is 6.98. The fourth-order valence-corrected chi connectivity index (χ4v) is 13.0. The minimum atomic E-state index is -3.68. The van der Waals surface area contributed by atoms with Gasteiger partial charge in [-0.15, -0.1) is 0 Å². The first-order valence-corrected chi connectivity index (χ1v) is 18.1. The van der Waals surface area contributed by atoms with Crippen molar-refractivity contribution in [1.29, 1.82) is 0 Å². The van der Waals surface area contributed by atoms with Crippen LogP contribution in [0.2, 0.25) is 0 Å². The molecular weight excluding hydrogens is 578 g/mol. The van der Waals surface area contributed by atoms with Crippen molar-refractivity contribution in [3.05, 3.63) is 41.5 Å². The highest BCUT2D eigenvalue weighted by Crippen LogP contribution is 2.70. The van der Waals surface area contributed by atoms with E-state index in [9.17, 15) is 23.1 Å². The second kappa shape index (κ2) is 10.1. The summed E-state index contributed by atoms with van der Waals surface area (Å²) in [6, 6.07) is 8.39. The molecule has 1 aromatic rings. The second-order valence-corrected chi connectivity index (χ2v) is 17.4. The van der Waals surface area contributed by atoms with Crippen molar-refractivity contribution in [2.24, 2.45) is 28.6 Å². The molecule has 0 aromatic heterocycles. The van der Waals surface area contributed by atoms with E-state index < -0.39 is 21.0 Å². The lowest BCUT2D eigenvalue weighted by atomic mass is 9.64. The Morgan fingerprint density at radius 2 is 1.80 bits per heavy atom. The maximum absolute atomic E-state index is 14.2. The number of piperidine rings is 4. The molecule has 4 bridgehead atoms. The Balaban J connectivity index is 1.07. The van der Waals surface area contributed by atoms with Crippen LogP contribution in [0.1, 0.15) is 69.9 Å². The van der Waals surface area contributed by atoms with Gasteiger partial charge in [0.2, 0.25) is 15.9 Å². The topological polar surface area (TPSA) is 113 Å². The van der Waals surface area contributed by atoms with Gasteiger partial charge in [-0.25, -0.2) is 17.2 Å². The molecule has 4 aliphatic heterocycles. The quantitative estimate of drug-likeness (QED) is 0.466. The van der Waals surface area contributed by atoms with Crippen LogP contribution < -0.4 is 5.32 Å². The Morgan fingerprint density at radius 3 is 2.48 bits per heavy atom. The summed E-state index contributed by atoms with van der Waals surface area (Å²) in [5.74, 6) is -0.164. The third kappa shape index (κ3) is 4.23. The minimum Gasteiger partial charge on any atom is -0.423 e. The molecule has 9 nitrogen and oxygen atoms in total. The Labute approximate surface area is 261 Å². The van der Waals surface area contributed by atoms with Gasteiger partial charge in [0.1, 0.15) is 6.54 Å². The van der Waals surface area contributed by atoms with E-state index >= 15 is 0 Å². The number of carbonyl (C=O) groups is 2. The van der Waals surface area contributed by atoms with Gasteiger partial charge in [0.15, 0.2) is 0 Å². The Hall–Kier alpha value is -2.27. The second-order valence-electron chi connectivity index (χ2n) is 15.4. The van der Waals surface area contributed by atoms with Gasteiger partial charge in [-0.3, -0.25) is 4.79 Å². The average Bonchev–Trinajstić information content (AvgIpc) is 3.55. The van der Waals surface area contributed by atoms with Gasteiger partial charge in [0, 0.05) is 43.3 Å². The van der Waals surface area contributed by atoms with Gasteiger partial charge < -0.3 is 15.2 Å². The zero-order valence-corrected chi connectivity index (χ0v) is 27.2. The standard InChI is InChI=1S/C34H47N3O6S/c1-31(2)26-9-13-33(31,23-44(41,42)36-16-14-32(15-17-36)12-8-25-6-4-5-7-28(25)32)34(40,20-26)22-35-29(38)27-21-37(30(39)43-3)18-10-24(27)11-19-37/h4-8,12,24,26-27,40H,9-11,13-23H2,1-3H3/p+1/t24?,26-,27?,33+,34+,37?/m1/s1. The van der Waals surface area contributed by atoms with Crippen LogP contribution in [-0.4, -0.2) is 92.0 Å². The molecule has 4 saturated heterocycles. The van der Waals surface area contributed by atoms with Crippen LogP contribution in [0.15, 0.2) is 30.3 Å². The molecule has 7 aliphatic rings. The van der Waals surface area contributed by atoms with E-state index in [1.807, 2.05) is 6.07 Å². The van der Waals surface area contributed by atoms with Crippen molar-refractivity contribution in [2.75, 3.05) is 52.1 Å². The molecule has 44 heavy (non-hydrogen) atoms. The maximum Gasteiger partial charge on any atom is 0.515 e. The van der Waals surface area contributed by atoms with Crippen molar-refractivity contribution in [2.45, 2.75) is 69.8 Å². The molecule has 2 saturated carbocycles. The van der Waals surface area contributed by atoms with Crippen LogP contribution in [0.25, 0.3) is 6.08 Å². The summed E-state index contributed by atoms with van der Waals surface area (Å²) in [5, 5.41) is 15.5. The summed E-state index contributed by atoms with van der Waals surface area (Å²) in [6.45, 7) is 6.99. The van der Waals surface area contributed by atoms with E-state index in [0.29, 0.717) is 45.6 Å². The largest absolute Gasteiger partial charge is 0.515 e. The first-order chi connectivity index (χ1) is 20.8. The lowest BCUT2D eigenvalue weighted by Crippen LogP contribution is -2.67. The number of methoxy groups -OCH3 is 1. The summed E-state index contributed by atoms with van der Waals surface area (Å²) >= 11 is 0. The molecule has 1 aromatic carbocycles. The third-order valence-corrected chi connectivity index (χ3v) is 15.6. The predicted molar refractivity (Wildman–Crippen MR) is 167 cm³/mol. The van der Waals surface area contributed by atoms with Crippen molar-refractivity contribution in [1.82, 2.24) is 9.62 Å². The molecule has 1 unspecified atom stereocenters. The van der Waals surface area contributed by atoms with Crippen molar-refractivity contribution >= 4 is 28.1 Å². The number of rotatable bonds is 6. The number of fused-ring (bicyclic) bond motifs is 7. The van der Waals surface area contributed by atoms with Gasteiger partial charge in [0.25, 0.3) is 0 Å². The highest BCUT2D eigenvalue weighted by molar-refractivity contribution is 7.89. The number of hydrogen-bond acceptors (Lipinski definition) is 6. The smallest absolute Gasteiger partial charge is 0.423 e. The highest BCUT2D eigenvalue weighted by Gasteiger charge is 2.72. The zero-order chi connectivity index (χ0) is 31.2. The number of nitrogens with zero attached hydrogens (tertiary/aromatic N) is 2. The summed E-state index contributed by atoms with van der Waals surface area (Å²) in [7, 11) is -2.28. The van der Waals surface area contributed by atoms with E-state index in [1.165, 1.54) is 18.2 Å². The summed E-state index contributed by atoms with van der Waals surface area (Å²) in [6.07, 6.45) is 9.21. The van der Waals surface area contributed by atoms with Crippen LogP contribution in [0, 0.1) is 28.6 Å². The Bertz CT molecular complexity index is 1490. The number of quaternary nitrogens is 1. The molecule has 2 amide bonds. The SMILES string of the molecule is COC(=O)[N+]12CCC(CC1)C(C(=O)NC[C@@]1(O)C[C@H]3CC[C@]1(CS(=O)(=O)N1CCC4(C=Cc5ccccc54)CC1)C3(C)C)C2. The first-order valence-electron chi connectivity index (χ1n) is 16.5. The van der Waals surface area contributed by atoms with Crippen molar-refractivity contribution < 1.29 is 32.3 Å². The lowest BCUT2D eigenvalue weighted by Gasteiger charge is -2.50. The molecular formula is C34H48N3O6S+. The van der Waals surface area contributed by atoms with Crippen LogP contribution in [-0.2, 0) is 25.0 Å². The van der Waals surface area contributed by atoms with Crippen molar-refractivity contribution in [3.8, 4) is 0 Å². The molecule has 1 spiro atoms. The van der Waals surface area contributed by atoms with E-state index in [4.69, 9.17) is 4.74 Å². The minimum absolute atomic E-state index is 0.0351. The van der Waals surface area contributed by atoms with E-state index in [2.05, 4.69) is 49.5 Å². The number of ether oxygens (including phenoxy) is 1. The number of nitrogens with one attached hydrogen (secondary N) is 1. The van der Waals surface area contributed by atoms with Gasteiger partial charge in [-0.05, 0) is 60.5 Å². The zero-order valence-electron chi connectivity index (χ0n) is 26.4. The third-order valence-electron chi connectivity index (χ3n) is 13.6. The fraction of sp³-hybridized carbons (Fsp3) is 0.706. The predicted octanol–water partition coefficient (Wildman–Crippen LogP) is 3.67. The van der Waals surface area contributed by atoms with Crippen molar-refractivity contribution in [3.63, 3.8) is 0 Å². The molecule has 10 heteroatoms. The highest BCUT2D eigenvalue weighted by atomic mass is 32.2. The van der Waals surface area contributed by atoms with Crippen LogP contribution in [0.4, 0.5) is 4.79 Å². The monoisotopic (exact) mass is 626 g/mol. The molecule has 8 rings (SSSR count). The number of aliphatic hydroxyl groups is 1. The van der Waals surface area contributed by atoms with Gasteiger partial charge in [-0.1, -0.05) is 50.3 Å². The lowest BCUT2D eigenvalue weighted by molar-refractivity contribution is -0.877. The molecule has 6 fully saturated rings. The van der Waals surface area contributed by atoms with Crippen LogP contribution in [0.5, 0.6) is 0 Å². The maximum atomic E-state index is 14.2. The summed E-state index contributed by atoms with van der Waals surface area (Å²) in [5.41, 5.74) is -0.172. The van der Waals surface area contributed by atoms with Gasteiger partial charge >= 0.3 is 6.09 Å². The molecule has 2 N–H and O–H groups in total. The molecule has 240 valence electrons. The summed E-state index contributed by atoms with van der Waals surface area (Å²) < 4.78 is 35.4. The number of amides is 2. The number of carbonyl (C=O) groups excluding carboxylic acids is 2. The summed E-state index contributed by atoms with van der Waals surface area (Å²) in [4.78, 5) is 26.3. The normalized spacial score (nSPS) is 38.1. The molecule has 3 aliphatic carbocycles. The number of sulfonamides is 1. The van der Waals surface area contributed by atoms with Gasteiger partial charge in [0.05, 0.1) is 37.5 Å². The van der Waals surface area contributed by atoms with E-state index in [0.717, 1.165) is 32.1 Å². The number of benzene rings is 1. The average molecular weight is 627 g/mol.